The standard InChI is InChI=1S/C13H9ClF3N3O/c14-10-4-3-8(5-9(10)13(15,16)17)19-20-11(6-18)12(21)7-1-2-7/h3-5,7,19H,1-2H2/b20-11+. The minimum Gasteiger partial charge on any atom is -0.291 e. The number of nitrogens with one attached hydrogen (secondary N) is 1. The van der Waals surface area contributed by atoms with Crippen molar-refractivity contribution in [3.63, 3.8) is 0 Å². The van der Waals surface area contributed by atoms with E-state index < -0.39 is 22.5 Å². The van der Waals surface area contributed by atoms with Gasteiger partial charge in [-0.1, -0.05) is 11.6 Å². The topological polar surface area (TPSA) is 65.2 Å². The van der Waals surface area contributed by atoms with Crippen molar-refractivity contribution in [2.24, 2.45) is 11.0 Å². The normalized spacial score (nSPS) is 15.5. The molecule has 110 valence electrons. The third-order valence-corrected chi connectivity index (χ3v) is 3.19. The van der Waals surface area contributed by atoms with E-state index in [1.807, 2.05) is 0 Å². The van der Waals surface area contributed by atoms with Crippen molar-refractivity contribution >= 4 is 28.8 Å². The first-order chi connectivity index (χ1) is 9.82. The Bertz CT molecular complexity index is 645. The van der Waals surface area contributed by atoms with Gasteiger partial charge in [-0.15, -0.1) is 0 Å². The molecule has 4 nitrogen and oxygen atoms in total. The molecular formula is C13H9ClF3N3O. The highest BCUT2D eigenvalue weighted by Crippen LogP contribution is 2.36. The van der Waals surface area contributed by atoms with Crippen LogP contribution in [0.2, 0.25) is 5.02 Å². The number of nitriles is 1. The van der Waals surface area contributed by atoms with E-state index in [-0.39, 0.29) is 17.3 Å². The number of rotatable bonds is 4. The van der Waals surface area contributed by atoms with Gasteiger partial charge in [0.15, 0.2) is 5.78 Å². The molecule has 0 unspecified atom stereocenters. The Labute approximate surface area is 123 Å². The van der Waals surface area contributed by atoms with Gasteiger partial charge in [-0.3, -0.25) is 10.2 Å². The van der Waals surface area contributed by atoms with E-state index in [1.165, 1.54) is 6.07 Å². The fraction of sp³-hybridized carbons (Fsp3) is 0.308. The summed E-state index contributed by atoms with van der Waals surface area (Å²) in [7, 11) is 0. The molecule has 0 radical (unpaired) electrons. The van der Waals surface area contributed by atoms with Gasteiger partial charge in [0.1, 0.15) is 6.07 Å². The van der Waals surface area contributed by atoms with Crippen LogP contribution in [0.1, 0.15) is 18.4 Å². The maximum atomic E-state index is 12.7. The number of ketones is 1. The van der Waals surface area contributed by atoms with Crippen LogP contribution in [-0.2, 0) is 11.0 Å². The Balaban J connectivity index is 2.20. The zero-order valence-corrected chi connectivity index (χ0v) is 11.3. The molecule has 0 heterocycles. The number of alkyl halides is 3. The van der Waals surface area contributed by atoms with Gasteiger partial charge in [-0.25, -0.2) is 0 Å². The zero-order chi connectivity index (χ0) is 15.6. The van der Waals surface area contributed by atoms with E-state index in [0.29, 0.717) is 12.8 Å². The van der Waals surface area contributed by atoms with Gasteiger partial charge in [0.2, 0.25) is 5.71 Å². The van der Waals surface area contributed by atoms with Crippen LogP contribution in [0.5, 0.6) is 0 Å². The van der Waals surface area contributed by atoms with Gasteiger partial charge >= 0.3 is 6.18 Å². The number of carbonyl (C=O) groups is 1. The van der Waals surface area contributed by atoms with Crippen molar-refractivity contribution in [3.05, 3.63) is 28.8 Å². The summed E-state index contributed by atoms with van der Waals surface area (Å²) in [6, 6.07) is 4.75. The number of halogens is 4. The molecule has 1 fully saturated rings. The number of carbonyl (C=O) groups excluding carboxylic acids is 1. The van der Waals surface area contributed by atoms with Crippen LogP contribution in [0.25, 0.3) is 0 Å². The predicted octanol–water partition coefficient (Wildman–Crippen LogP) is 3.63. The van der Waals surface area contributed by atoms with Crippen molar-refractivity contribution in [2.45, 2.75) is 19.0 Å². The van der Waals surface area contributed by atoms with E-state index in [4.69, 9.17) is 16.9 Å². The molecule has 0 saturated heterocycles. The summed E-state index contributed by atoms with van der Waals surface area (Å²) in [6.07, 6.45) is -3.18. The third kappa shape index (κ3) is 3.73. The van der Waals surface area contributed by atoms with Gasteiger partial charge in [0.05, 0.1) is 16.3 Å². The number of nitrogens with zero attached hydrogens (tertiary/aromatic N) is 2. The van der Waals surface area contributed by atoms with Crippen LogP contribution in [0.15, 0.2) is 23.3 Å². The zero-order valence-electron chi connectivity index (χ0n) is 10.5. The van der Waals surface area contributed by atoms with Crippen LogP contribution >= 0.6 is 11.6 Å². The average Bonchev–Trinajstić information content (AvgIpc) is 3.24. The summed E-state index contributed by atoms with van der Waals surface area (Å²) in [6.45, 7) is 0. The van der Waals surface area contributed by atoms with Crippen molar-refractivity contribution in [1.82, 2.24) is 0 Å². The lowest BCUT2D eigenvalue weighted by atomic mass is 10.2. The largest absolute Gasteiger partial charge is 0.417 e. The summed E-state index contributed by atoms with van der Waals surface area (Å²) in [5.74, 6) is -0.587. The molecule has 0 aromatic heterocycles. The van der Waals surface area contributed by atoms with Gasteiger partial charge in [-0.2, -0.15) is 23.5 Å². The molecular weight excluding hydrogens is 307 g/mol. The van der Waals surface area contributed by atoms with Gasteiger partial charge in [0, 0.05) is 5.92 Å². The molecule has 0 amide bonds. The van der Waals surface area contributed by atoms with Crippen LogP contribution in [0, 0.1) is 17.2 Å². The Kier molecular flexibility index (Phi) is 4.19. The van der Waals surface area contributed by atoms with Crippen molar-refractivity contribution in [2.75, 3.05) is 5.43 Å². The molecule has 1 aromatic carbocycles. The maximum absolute atomic E-state index is 12.7. The van der Waals surface area contributed by atoms with Gasteiger partial charge < -0.3 is 0 Å². The summed E-state index contributed by atoms with van der Waals surface area (Å²) >= 11 is 5.48. The summed E-state index contributed by atoms with van der Waals surface area (Å²) < 4.78 is 38.0. The van der Waals surface area contributed by atoms with Crippen molar-refractivity contribution in [1.29, 1.82) is 5.26 Å². The fourth-order valence-corrected chi connectivity index (χ4v) is 1.83. The number of benzene rings is 1. The second-order valence-electron chi connectivity index (χ2n) is 4.51. The number of anilines is 1. The molecule has 0 atom stereocenters. The summed E-state index contributed by atoms with van der Waals surface area (Å²) in [4.78, 5) is 11.6. The Morgan fingerprint density at radius 1 is 1.43 bits per heavy atom. The average molecular weight is 316 g/mol. The summed E-state index contributed by atoms with van der Waals surface area (Å²) in [5, 5.41) is 12.0. The molecule has 1 aliphatic carbocycles. The van der Waals surface area contributed by atoms with E-state index in [0.717, 1.165) is 12.1 Å². The van der Waals surface area contributed by atoms with E-state index >= 15 is 0 Å². The SMILES string of the molecule is N#C/C(=N\Nc1ccc(Cl)c(C(F)(F)F)c1)C(=O)C1CC1. The first kappa shape index (κ1) is 15.3. The van der Waals surface area contributed by atoms with Crippen LogP contribution in [-0.4, -0.2) is 11.5 Å². The fourth-order valence-electron chi connectivity index (χ4n) is 1.61. The van der Waals surface area contributed by atoms with Gasteiger partial charge in [-0.05, 0) is 31.0 Å². The second-order valence-corrected chi connectivity index (χ2v) is 4.92. The highest BCUT2D eigenvalue weighted by molar-refractivity contribution is 6.47. The van der Waals surface area contributed by atoms with Crippen LogP contribution in [0.4, 0.5) is 18.9 Å². The first-order valence-electron chi connectivity index (χ1n) is 5.97. The molecule has 0 aliphatic heterocycles. The van der Waals surface area contributed by atoms with Crippen LogP contribution < -0.4 is 5.43 Å². The minimum absolute atomic E-state index is 0.0110. The van der Waals surface area contributed by atoms with E-state index in [2.05, 4.69) is 10.5 Å². The molecule has 2 rings (SSSR count). The molecule has 1 aromatic rings. The van der Waals surface area contributed by atoms with Crippen LogP contribution in [0.3, 0.4) is 0 Å². The summed E-state index contributed by atoms with van der Waals surface area (Å²) in [5.41, 5.74) is 0.910. The molecule has 1 N–H and O–H groups in total. The molecule has 0 bridgehead atoms. The molecule has 1 saturated carbocycles. The predicted molar refractivity (Wildman–Crippen MR) is 70.9 cm³/mol. The maximum Gasteiger partial charge on any atom is 0.417 e. The van der Waals surface area contributed by atoms with E-state index in [1.54, 1.807) is 6.07 Å². The van der Waals surface area contributed by atoms with E-state index in [9.17, 15) is 18.0 Å². The van der Waals surface area contributed by atoms with Crippen molar-refractivity contribution < 1.29 is 18.0 Å². The highest BCUT2D eigenvalue weighted by atomic mass is 35.5. The number of hydrogen-bond acceptors (Lipinski definition) is 4. The monoisotopic (exact) mass is 315 g/mol. The quantitative estimate of drug-likeness (QED) is 0.681. The number of hydrogen-bond donors (Lipinski definition) is 1. The van der Waals surface area contributed by atoms with Gasteiger partial charge in [0.25, 0.3) is 0 Å². The first-order valence-corrected chi connectivity index (χ1v) is 6.35. The Morgan fingerprint density at radius 2 is 2.10 bits per heavy atom. The Hall–Kier alpha value is -2.07. The lowest BCUT2D eigenvalue weighted by molar-refractivity contribution is -0.137. The number of Topliss-reactive ketones (excluding diaryl/α,β-unsaturated/α-hetero) is 1. The smallest absolute Gasteiger partial charge is 0.291 e. The van der Waals surface area contributed by atoms with Crippen molar-refractivity contribution in [3.8, 4) is 6.07 Å². The molecule has 1 aliphatic rings. The highest BCUT2D eigenvalue weighted by Gasteiger charge is 2.34. The second kappa shape index (κ2) is 5.74. The molecule has 8 heteroatoms. The minimum atomic E-state index is -4.60. The lowest BCUT2D eigenvalue weighted by Crippen LogP contribution is -2.15. The Morgan fingerprint density at radius 3 is 2.62 bits per heavy atom. The third-order valence-electron chi connectivity index (χ3n) is 2.86. The molecule has 21 heavy (non-hydrogen) atoms. The lowest BCUT2D eigenvalue weighted by Gasteiger charge is -2.10. The molecule has 0 spiro atoms. The number of hydrazone groups is 1.